The normalized spacial score (nSPS) is 11.6. The number of rotatable bonds is 8. The number of hydrogen-bond acceptors (Lipinski definition) is 5. The molecular weight excluding hydrogens is 731 g/mol. The molecule has 0 saturated carbocycles. The summed E-state index contributed by atoms with van der Waals surface area (Å²) in [5.41, 5.74) is 13.9. The lowest BCUT2D eigenvalue weighted by Gasteiger charge is -2.37. The van der Waals surface area contributed by atoms with Crippen LogP contribution in [0.15, 0.2) is 224 Å². The molecule has 9 aromatic carbocycles. The molecule has 0 atom stereocenters. The fraction of sp³-hybridized carbons (Fsp3) is 0. The summed E-state index contributed by atoms with van der Waals surface area (Å²) in [7, 11) is 0. The lowest BCUT2D eigenvalue weighted by atomic mass is 9.87. The van der Waals surface area contributed by atoms with E-state index in [-0.39, 0.29) is 0 Å². The zero-order chi connectivity index (χ0) is 39.8. The Kier molecular flexibility index (Phi) is 8.75. The Morgan fingerprint density at radius 2 is 0.883 bits per heavy atom. The van der Waals surface area contributed by atoms with Crippen LogP contribution in [0.5, 0.6) is 0 Å². The van der Waals surface area contributed by atoms with Crippen LogP contribution in [0.1, 0.15) is 0 Å². The van der Waals surface area contributed by atoms with Gasteiger partial charge in [-0.15, -0.1) is 0 Å². The van der Waals surface area contributed by atoms with Gasteiger partial charge in [0, 0.05) is 44.7 Å². The summed E-state index contributed by atoms with van der Waals surface area (Å²) in [6.45, 7) is 0. The quantitative estimate of drug-likeness (QED) is 0.154. The van der Waals surface area contributed by atoms with Crippen LogP contribution in [0.3, 0.4) is 0 Å². The lowest BCUT2D eigenvalue weighted by molar-refractivity contribution is 1.08. The highest BCUT2D eigenvalue weighted by Crippen LogP contribution is 2.56. The Balaban J connectivity index is 1.18. The lowest BCUT2D eigenvalue weighted by Crippen LogP contribution is -2.18. The van der Waals surface area contributed by atoms with E-state index in [4.69, 9.17) is 15.0 Å². The van der Waals surface area contributed by atoms with E-state index in [0.717, 1.165) is 78.3 Å². The molecule has 1 aliphatic rings. The van der Waals surface area contributed by atoms with Crippen molar-refractivity contribution in [3.05, 3.63) is 224 Å². The third-order valence-electron chi connectivity index (χ3n) is 11.2. The number of para-hydroxylation sites is 2. The molecular formula is C55H37N5. The first-order valence-electron chi connectivity index (χ1n) is 20.2. The van der Waals surface area contributed by atoms with E-state index in [1.54, 1.807) is 0 Å². The van der Waals surface area contributed by atoms with E-state index in [1.165, 1.54) is 5.56 Å². The summed E-state index contributed by atoms with van der Waals surface area (Å²) < 4.78 is 0. The first-order valence-corrected chi connectivity index (χ1v) is 20.2. The van der Waals surface area contributed by atoms with Gasteiger partial charge in [0.25, 0.3) is 0 Å². The molecule has 0 N–H and O–H groups in total. The molecule has 2 heterocycles. The van der Waals surface area contributed by atoms with Crippen molar-refractivity contribution in [2.45, 2.75) is 0 Å². The zero-order valence-corrected chi connectivity index (χ0v) is 32.6. The number of aromatic nitrogens is 3. The Labute approximate surface area is 349 Å². The average Bonchev–Trinajstić information content (AvgIpc) is 3.33. The van der Waals surface area contributed by atoms with Gasteiger partial charge in [-0.3, -0.25) is 0 Å². The fourth-order valence-electron chi connectivity index (χ4n) is 8.53. The molecule has 0 spiro atoms. The minimum atomic E-state index is 0.625. The monoisotopic (exact) mass is 767 g/mol. The van der Waals surface area contributed by atoms with Gasteiger partial charge >= 0.3 is 0 Å². The Bertz CT molecular complexity index is 3080. The van der Waals surface area contributed by atoms with Crippen LogP contribution >= 0.6 is 0 Å². The Morgan fingerprint density at radius 1 is 0.350 bits per heavy atom. The number of nitrogens with zero attached hydrogens (tertiary/aromatic N) is 5. The first-order chi connectivity index (χ1) is 29.8. The van der Waals surface area contributed by atoms with E-state index in [1.807, 2.05) is 36.4 Å². The molecule has 282 valence electrons. The van der Waals surface area contributed by atoms with Gasteiger partial charge in [-0.05, 0) is 82.7 Å². The van der Waals surface area contributed by atoms with Gasteiger partial charge < -0.3 is 9.80 Å². The van der Waals surface area contributed by atoms with Gasteiger partial charge in [0.05, 0.1) is 17.1 Å². The smallest absolute Gasteiger partial charge is 0.164 e. The van der Waals surface area contributed by atoms with Crippen LogP contribution in [-0.2, 0) is 0 Å². The van der Waals surface area contributed by atoms with Crippen LogP contribution in [0, 0.1) is 0 Å². The Morgan fingerprint density at radius 3 is 1.55 bits per heavy atom. The van der Waals surface area contributed by atoms with E-state index in [0.29, 0.717) is 17.5 Å². The highest BCUT2D eigenvalue weighted by atomic mass is 15.2. The predicted octanol–water partition coefficient (Wildman–Crippen LogP) is 14.6. The van der Waals surface area contributed by atoms with Gasteiger partial charge in [0.1, 0.15) is 0 Å². The number of anilines is 6. The average molecular weight is 768 g/mol. The summed E-state index contributed by atoms with van der Waals surface area (Å²) >= 11 is 0. The molecule has 11 rings (SSSR count). The van der Waals surface area contributed by atoms with Gasteiger partial charge in [0.15, 0.2) is 17.5 Å². The molecule has 0 unspecified atom stereocenters. The van der Waals surface area contributed by atoms with Crippen molar-refractivity contribution in [1.29, 1.82) is 0 Å². The second-order valence-electron chi connectivity index (χ2n) is 14.8. The van der Waals surface area contributed by atoms with E-state index in [9.17, 15) is 0 Å². The third kappa shape index (κ3) is 6.17. The largest absolute Gasteiger partial charge is 0.310 e. The van der Waals surface area contributed by atoms with Crippen molar-refractivity contribution in [2.75, 3.05) is 9.80 Å². The van der Waals surface area contributed by atoms with Crippen LogP contribution in [0.4, 0.5) is 34.1 Å². The van der Waals surface area contributed by atoms with Gasteiger partial charge in [-0.2, -0.15) is 0 Å². The Hall–Kier alpha value is -8.15. The number of hydrogen-bond donors (Lipinski definition) is 0. The number of benzene rings is 9. The van der Waals surface area contributed by atoms with Gasteiger partial charge in [-0.25, -0.2) is 15.0 Å². The minimum Gasteiger partial charge on any atom is -0.310 e. The van der Waals surface area contributed by atoms with Crippen molar-refractivity contribution >= 4 is 44.9 Å². The van der Waals surface area contributed by atoms with E-state index < -0.39 is 0 Å². The summed E-state index contributed by atoms with van der Waals surface area (Å²) in [6.07, 6.45) is 0. The van der Waals surface area contributed by atoms with Gasteiger partial charge in [-0.1, -0.05) is 164 Å². The maximum Gasteiger partial charge on any atom is 0.164 e. The maximum absolute atomic E-state index is 5.19. The van der Waals surface area contributed by atoms with Crippen LogP contribution in [0.2, 0.25) is 0 Å². The molecule has 0 saturated heterocycles. The maximum atomic E-state index is 5.19. The van der Waals surface area contributed by atoms with Crippen molar-refractivity contribution in [3.63, 3.8) is 0 Å². The third-order valence-corrected chi connectivity index (χ3v) is 11.2. The molecule has 0 aliphatic carbocycles. The predicted molar refractivity (Wildman–Crippen MR) is 247 cm³/mol. The molecule has 0 radical (unpaired) electrons. The van der Waals surface area contributed by atoms with Crippen LogP contribution in [0.25, 0.3) is 67.2 Å². The SMILES string of the molecule is c1ccc(-c2cccc(N(c3ccccc3)c3cccc4c3-c3cccc5c(-c6nc(-c7ccccc7)nc(-c7ccccc7)n6)ccc(c35)N4c3ccccc3)c2)cc1. The highest BCUT2D eigenvalue weighted by Gasteiger charge is 2.31. The molecule has 60 heavy (non-hydrogen) atoms. The van der Waals surface area contributed by atoms with Crippen LogP contribution in [-0.4, -0.2) is 15.0 Å². The van der Waals surface area contributed by atoms with E-state index >= 15 is 0 Å². The molecule has 0 amide bonds. The first kappa shape index (κ1) is 35.0. The molecule has 0 fully saturated rings. The molecule has 5 nitrogen and oxygen atoms in total. The second kappa shape index (κ2) is 15.0. The minimum absolute atomic E-state index is 0.625. The van der Waals surface area contributed by atoms with Gasteiger partial charge in [0.2, 0.25) is 0 Å². The highest BCUT2D eigenvalue weighted by molar-refractivity contribution is 6.19. The van der Waals surface area contributed by atoms with E-state index in [2.05, 4.69) is 198 Å². The van der Waals surface area contributed by atoms with Crippen molar-refractivity contribution in [2.24, 2.45) is 0 Å². The molecule has 10 aromatic rings. The van der Waals surface area contributed by atoms with Crippen molar-refractivity contribution in [3.8, 4) is 56.4 Å². The molecule has 5 heteroatoms. The second-order valence-corrected chi connectivity index (χ2v) is 14.8. The fourth-order valence-corrected chi connectivity index (χ4v) is 8.53. The molecule has 1 aliphatic heterocycles. The summed E-state index contributed by atoms with van der Waals surface area (Å²) in [6, 6.07) is 78.8. The summed E-state index contributed by atoms with van der Waals surface area (Å²) in [5, 5.41) is 2.20. The standard InChI is InChI=1S/C55H37N5/c1-6-19-38(20-7-1)41-25-16-30-44(37-41)59(42-26-12-4-13-27-42)48-33-18-34-49-52(48)47-32-17-31-45-46(35-36-50(51(45)47)60(49)43-28-14-5-15-29-43)55-57-53(39-21-8-2-9-22-39)56-54(58-55)40-23-10-3-11-24-40/h1-37H. The molecule has 1 aromatic heterocycles. The summed E-state index contributed by atoms with van der Waals surface area (Å²) in [4.78, 5) is 20.2. The zero-order valence-electron chi connectivity index (χ0n) is 32.6. The number of fused-ring (bicyclic) bond motifs is 2. The topological polar surface area (TPSA) is 45.2 Å². The molecule has 0 bridgehead atoms. The van der Waals surface area contributed by atoms with Crippen molar-refractivity contribution in [1.82, 2.24) is 15.0 Å². The summed E-state index contributed by atoms with van der Waals surface area (Å²) in [5.74, 6) is 1.89. The van der Waals surface area contributed by atoms with Crippen molar-refractivity contribution < 1.29 is 0 Å². The van der Waals surface area contributed by atoms with Crippen LogP contribution < -0.4 is 9.80 Å².